The van der Waals surface area contributed by atoms with Gasteiger partial charge in [-0.05, 0) is 149 Å². The molecule has 8 nitrogen and oxygen atoms in total. The minimum atomic E-state index is -0.404. The van der Waals surface area contributed by atoms with Crippen molar-refractivity contribution in [3.8, 4) is 0 Å². The first kappa shape index (κ1) is 55.2. The molecular weight excluding hydrogens is 805 g/mol. The first-order chi connectivity index (χ1) is 31.4. The number of rotatable bonds is 33. The highest BCUT2D eigenvalue weighted by molar-refractivity contribution is 5.82. The first-order valence-electron chi connectivity index (χ1n) is 28.0. The first-order valence-corrected chi connectivity index (χ1v) is 28.0. The van der Waals surface area contributed by atoms with Crippen molar-refractivity contribution in [1.29, 1.82) is 0 Å². The van der Waals surface area contributed by atoms with Crippen molar-refractivity contribution in [2.75, 3.05) is 32.7 Å². The number of amides is 3. The molecule has 8 heteroatoms. The number of allylic oxidation sites excluding steroid dienone is 3. The molecule has 0 spiro atoms. The fourth-order valence-corrected chi connectivity index (χ4v) is 13.2. The number of carbonyl (C=O) groups is 3. The summed E-state index contributed by atoms with van der Waals surface area (Å²) in [6.45, 7) is 16.9. The van der Waals surface area contributed by atoms with Gasteiger partial charge in [-0.1, -0.05) is 149 Å². The lowest BCUT2D eigenvalue weighted by atomic mass is 9.47. The van der Waals surface area contributed by atoms with Gasteiger partial charge in [-0.2, -0.15) is 0 Å². The molecule has 4 aliphatic carbocycles. The zero-order valence-electron chi connectivity index (χ0n) is 43.2. The van der Waals surface area contributed by atoms with Crippen LogP contribution in [-0.4, -0.2) is 61.6 Å². The number of nitrogens with two attached hydrogens (primary N) is 1. The lowest BCUT2D eigenvalue weighted by Gasteiger charge is -2.58. The molecule has 374 valence electrons. The number of fused-ring (bicyclic) bond motifs is 5. The van der Waals surface area contributed by atoms with Gasteiger partial charge < -0.3 is 21.1 Å². The minimum absolute atomic E-state index is 0.0289. The number of nitrogens with zero attached hydrogens (tertiary/aromatic N) is 1. The summed E-state index contributed by atoms with van der Waals surface area (Å²) in [5.74, 6) is 4.70. The van der Waals surface area contributed by atoms with E-state index < -0.39 is 6.09 Å². The van der Waals surface area contributed by atoms with Crippen LogP contribution < -0.4 is 16.4 Å². The number of unbranched alkanes of at least 4 members (excludes halogenated alkanes) is 14. The van der Waals surface area contributed by atoms with E-state index in [9.17, 15) is 14.4 Å². The molecule has 3 amide bonds. The standard InChI is InChI=1S/C57H102N4O4/c1-7-8-9-10-11-12-13-14-15-16-17-18-19-20-23-30-53(62)59-41-27-42-61(44-54(63)60-40-25-22-21-24-39-58)55(64)65-48-35-37-56(5)47(43-48)31-32-49-51-34-33-50(46(4)29-26-28-45(2)3)57(51,6)38-36-52(49)56/h14-15,31,45-46,48-52H,7-13,16-30,32-44,58H2,1-6H3,(H,59,62)(H,60,63)/b15-14-/t46-,48+,49+,50-,51+,52+,56+,57-/m1/s1. The molecular formula is C57H102N4O4. The highest BCUT2D eigenvalue weighted by atomic mass is 16.6. The van der Waals surface area contributed by atoms with E-state index in [0.29, 0.717) is 44.4 Å². The Bertz CT molecular complexity index is 1430. The van der Waals surface area contributed by atoms with Crippen molar-refractivity contribution in [2.24, 2.45) is 52.1 Å². The Morgan fingerprint density at radius 3 is 2.14 bits per heavy atom. The molecule has 0 saturated heterocycles. The number of hydrogen-bond acceptors (Lipinski definition) is 5. The van der Waals surface area contributed by atoms with Crippen molar-refractivity contribution < 1.29 is 19.1 Å². The van der Waals surface area contributed by atoms with Gasteiger partial charge in [0.15, 0.2) is 0 Å². The predicted molar refractivity (Wildman–Crippen MR) is 272 cm³/mol. The Kier molecular flexibility index (Phi) is 25.7. The molecule has 0 unspecified atom stereocenters. The van der Waals surface area contributed by atoms with Crippen LogP contribution in [0.4, 0.5) is 4.79 Å². The van der Waals surface area contributed by atoms with Gasteiger partial charge in [-0.25, -0.2) is 4.79 Å². The molecule has 0 aromatic rings. The van der Waals surface area contributed by atoms with Crippen LogP contribution in [0.15, 0.2) is 23.8 Å². The summed E-state index contributed by atoms with van der Waals surface area (Å²) in [4.78, 5) is 41.3. The molecule has 8 atom stereocenters. The normalized spacial score (nSPS) is 26.6. The van der Waals surface area contributed by atoms with Crippen molar-refractivity contribution in [3.05, 3.63) is 23.8 Å². The average molecular weight is 907 g/mol. The van der Waals surface area contributed by atoms with Crippen LogP contribution in [0.3, 0.4) is 0 Å². The Balaban J connectivity index is 1.20. The second kappa shape index (κ2) is 30.2. The van der Waals surface area contributed by atoms with Crippen LogP contribution in [0.2, 0.25) is 0 Å². The van der Waals surface area contributed by atoms with E-state index in [4.69, 9.17) is 10.5 Å². The molecule has 0 radical (unpaired) electrons. The van der Waals surface area contributed by atoms with Gasteiger partial charge in [0.1, 0.15) is 12.6 Å². The topological polar surface area (TPSA) is 114 Å². The van der Waals surface area contributed by atoms with E-state index in [1.165, 1.54) is 121 Å². The van der Waals surface area contributed by atoms with E-state index in [1.807, 2.05) is 0 Å². The third-order valence-corrected chi connectivity index (χ3v) is 17.2. The third kappa shape index (κ3) is 18.2. The van der Waals surface area contributed by atoms with Gasteiger partial charge in [0.2, 0.25) is 11.8 Å². The minimum Gasteiger partial charge on any atom is -0.446 e. The van der Waals surface area contributed by atoms with Crippen LogP contribution >= 0.6 is 0 Å². The molecule has 0 bridgehead atoms. The van der Waals surface area contributed by atoms with Crippen molar-refractivity contribution >= 4 is 17.9 Å². The van der Waals surface area contributed by atoms with E-state index in [1.54, 1.807) is 4.90 Å². The highest BCUT2D eigenvalue weighted by Gasteiger charge is 2.59. The van der Waals surface area contributed by atoms with Crippen molar-refractivity contribution in [2.45, 2.75) is 240 Å². The van der Waals surface area contributed by atoms with Gasteiger partial charge >= 0.3 is 6.09 Å². The van der Waals surface area contributed by atoms with Crippen LogP contribution in [-0.2, 0) is 14.3 Å². The Hall–Kier alpha value is -2.35. The fourth-order valence-electron chi connectivity index (χ4n) is 13.2. The second-order valence-corrected chi connectivity index (χ2v) is 22.6. The van der Waals surface area contributed by atoms with Crippen molar-refractivity contribution in [3.63, 3.8) is 0 Å². The van der Waals surface area contributed by atoms with Gasteiger partial charge in [-0.3, -0.25) is 14.5 Å². The molecule has 0 aliphatic heterocycles. The molecule has 3 fully saturated rings. The summed E-state index contributed by atoms with van der Waals surface area (Å²) >= 11 is 0. The summed E-state index contributed by atoms with van der Waals surface area (Å²) in [5.41, 5.74) is 7.81. The molecule has 3 saturated carbocycles. The summed E-state index contributed by atoms with van der Waals surface area (Å²) in [6.07, 6.45) is 41.4. The smallest absolute Gasteiger partial charge is 0.410 e. The van der Waals surface area contributed by atoms with E-state index in [-0.39, 0.29) is 29.9 Å². The number of ether oxygens (including phenoxy) is 1. The van der Waals surface area contributed by atoms with Gasteiger partial charge in [0.05, 0.1) is 0 Å². The van der Waals surface area contributed by atoms with Crippen LogP contribution in [0.5, 0.6) is 0 Å². The molecule has 4 rings (SSSR count). The number of hydrogen-bond donors (Lipinski definition) is 3. The van der Waals surface area contributed by atoms with Crippen LogP contribution in [0, 0.1) is 46.3 Å². The van der Waals surface area contributed by atoms with Gasteiger partial charge in [-0.15, -0.1) is 0 Å². The molecule has 4 aliphatic rings. The third-order valence-electron chi connectivity index (χ3n) is 17.2. The lowest BCUT2D eigenvalue weighted by Crippen LogP contribution is -2.51. The van der Waals surface area contributed by atoms with Gasteiger partial charge in [0.25, 0.3) is 0 Å². The van der Waals surface area contributed by atoms with E-state index in [0.717, 1.165) is 99.7 Å². The fraction of sp³-hybridized carbons (Fsp3) is 0.877. The Labute approximate surface area is 400 Å². The number of nitrogens with one attached hydrogen (secondary N) is 2. The molecule has 0 heterocycles. The largest absolute Gasteiger partial charge is 0.446 e. The summed E-state index contributed by atoms with van der Waals surface area (Å²) in [6, 6.07) is 0. The summed E-state index contributed by atoms with van der Waals surface area (Å²) < 4.78 is 6.31. The van der Waals surface area contributed by atoms with Crippen LogP contribution in [0.1, 0.15) is 234 Å². The van der Waals surface area contributed by atoms with Crippen LogP contribution in [0.25, 0.3) is 0 Å². The second-order valence-electron chi connectivity index (χ2n) is 22.6. The maximum Gasteiger partial charge on any atom is 0.410 e. The molecule has 0 aromatic heterocycles. The lowest BCUT2D eigenvalue weighted by molar-refractivity contribution is -0.123. The maximum absolute atomic E-state index is 13.9. The average Bonchev–Trinajstić information content (AvgIpc) is 3.64. The van der Waals surface area contributed by atoms with E-state index >= 15 is 0 Å². The monoisotopic (exact) mass is 907 g/mol. The quantitative estimate of drug-likeness (QED) is 0.0448. The van der Waals surface area contributed by atoms with E-state index in [2.05, 4.69) is 70.4 Å². The van der Waals surface area contributed by atoms with Gasteiger partial charge in [0, 0.05) is 32.5 Å². The summed E-state index contributed by atoms with van der Waals surface area (Å²) in [7, 11) is 0. The predicted octanol–water partition coefficient (Wildman–Crippen LogP) is 14.0. The van der Waals surface area contributed by atoms with Crippen molar-refractivity contribution in [1.82, 2.24) is 15.5 Å². The molecule has 4 N–H and O–H groups in total. The highest BCUT2D eigenvalue weighted by Crippen LogP contribution is 2.67. The Morgan fingerprint density at radius 2 is 1.42 bits per heavy atom. The zero-order chi connectivity index (χ0) is 46.9. The molecule has 0 aromatic carbocycles. The maximum atomic E-state index is 13.9. The summed E-state index contributed by atoms with van der Waals surface area (Å²) in [5, 5.41) is 6.10. The molecule has 65 heavy (non-hydrogen) atoms. The SMILES string of the molecule is CCCCCCCC/C=C\CCCCCCCC(=O)NCCCN(CC(=O)NCCCCCCN)C(=O)O[C@H]1CC[C@@]2(C)C(=CC[C@H]3[C@@H]4CC[C@H]([C@H](C)CCCC(C)C)[C@@]4(C)CC[C@@H]32)C1. The Morgan fingerprint density at radius 1 is 0.754 bits per heavy atom. The zero-order valence-corrected chi connectivity index (χ0v) is 43.2. The number of carbonyl (C=O) groups excluding carboxylic acids is 3.